The molecule has 5 heteroatoms. The van der Waals surface area contributed by atoms with Gasteiger partial charge >= 0.3 is 5.97 Å². The third-order valence-electron chi connectivity index (χ3n) is 1.94. The monoisotopic (exact) mass is 292 g/mol. The quantitative estimate of drug-likeness (QED) is 0.469. The predicted octanol–water partition coefficient (Wildman–Crippen LogP) is 4.33. The molecule has 0 heterocycles. The fraction of sp³-hybridized carbons (Fsp3) is 0.250. The molecule has 1 atom stereocenters. The maximum absolute atomic E-state index is 11.7. The molecule has 0 radical (unpaired) electrons. The molecule has 0 saturated heterocycles. The van der Waals surface area contributed by atoms with E-state index < -0.39 is 5.97 Å². The van der Waals surface area contributed by atoms with E-state index in [1.165, 1.54) is 12.1 Å². The number of rotatable bonds is 4. The van der Waals surface area contributed by atoms with Gasteiger partial charge in [0.15, 0.2) is 0 Å². The van der Waals surface area contributed by atoms with Gasteiger partial charge < -0.3 is 4.74 Å². The van der Waals surface area contributed by atoms with Crippen molar-refractivity contribution < 1.29 is 9.53 Å². The van der Waals surface area contributed by atoms with E-state index in [1.54, 1.807) is 25.1 Å². The molecule has 0 amide bonds. The van der Waals surface area contributed by atoms with E-state index in [0.717, 1.165) is 0 Å². The fourth-order valence-corrected chi connectivity index (χ4v) is 1.76. The summed E-state index contributed by atoms with van der Waals surface area (Å²) in [7, 11) is 0. The lowest BCUT2D eigenvalue weighted by Crippen LogP contribution is -2.13. The van der Waals surface area contributed by atoms with Crippen LogP contribution in [0.3, 0.4) is 0 Å². The summed E-state index contributed by atoms with van der Waals surface area (Å²) in [6.07, 6.45) is 3.06. The molecule has 0 aliphatic heterocycles. The van der Waals surface area contributed by atoms with Gasteiger partial charge in [-0.2, -0.15) is 0 Å². The Kier molecular flexibility index (Phi) is 5.83. The Labute approximate surface area is 115 Å². The molecule has 1 aromatic rings. The van der Waals surface area contributed by atoms with Crippen molar-refractivity contribution in [2.75, 3.05) is 5.88 Å². The zero-order valence-corrected chi connectivity index (χ0v) is 11.4. The van der Waals surface area contributed by atoms with E-state index in [0.29, 0.717) is 16.5 Å². The Balaban J connectivity index is 2.73. The molecule has 1 rings (SSSR count). The van der Waals surface area contributed by atoms with Crippen molar-refractivity contribution in [3.63, 3.8) is 0 Å². The smallest absolute Gasteiger partial charge is 0.340 e. The summed E-state index contributed by atoms with van der Waals surface area (Å²) < 4.78 is 5.15. The lowest BCUT2D eigenvalue weighted by Gasteiger charge is -2.10. The van der Waals surface area contributed by atoms with Gasteiger partial charge in [-0.25, -0.2) is 4.79 Å². The van der Waals surface area contributed by atoms with Crippen molar-refractivity contribution in [3.8, 4) is 0 Å². The number of carbonyl (C=O) groups is 1. The number of ether oxygens (including phenoxy) is 1. The maximum atomic E-state index is 11.7. The summed E-state index contributed by atoms with van der Waals surface area (Å²) in [6.45, 7) is 1.74. The van der Waals surface area contributed by atoms with Crippen LogP contribution in [0.1, 0.15) is 17.3 Å². The molecular formula is C12H11Cl3O2. The summed E-state index contributed by atoms with van der Waals surface area (Å²) in [5, 5.41) is 0.748. The van der Waals surface area contributed by atoms with E-state index in [2.05, 4.69) is 0 Å². The highest BCUT2D eigenvalue weighted by Gasteiger charge is 2.13. The number of carbonyl (C=O) groups excluding carboxylic acids is 1. The van der Waals surface area contributed by atoms with Crippen LogP contribution in [0.25, 0.3) is 0 Å². The number of hydrogen-bond acceptors (Lipinski definition) is 2. The molecule has 0 aliphatic rings. The lowest BCUT2D eigenvalue weighted by atomic mass is 10.2. The van der Waals surface area contributed by atoms with E-state index in [9.17, 15) is 4.79 Å². The van der Waals surface area contributed by atoms with Gasteiger partial charge in [0.2, 0.25) is 0 Å². The highest BCUT2D eigenvalue weighted by atomic mass is 35.5. The number of hydrogen-bond donors (Lipinski definition) is 0. The molecule has 1 aromatic carbocycles. The van der Waals surface area contributed by atoms with Gasteiger partial charge in [-0.15, -0.1) is 11.6 Å². The van der Waals surface area contributed by atoms with E-state index >= 15 is 0 Å². The second-order valence-corrected chi connectivity index (χ2v) is 4.47. The Hall–Kier alpha value is -0.700. The first-order valence-corrected chi connectivity index (χ1v) is 6.22. The van der Waals surface area contributed by atoms with Crippen molar-refractivity contribution in [2.45, 2.75) is 13.0 Å². The minimum Gasteiger partial charge on any atom is -0.455 e. The van der Waals surface area contributed by atoms with Crippen LogP contribution in [0, 0.1) is 0 Å². The molecule has 0 saturated carbocycles. The summed E-state index contributed by atoms with van der Waals surface area (Å²) in [6, 6.07) is 4.62. The Morgan fingerprint density at radius 2 is 2.18 bits per heavy atom. The number of benzene rings is 1. The van der Waals surface area contributed by atoms with Gasteiger partial charge in [0.25, 0.3) is 0 Å². The zero-order chi connectivity index (χ0) is 12.8. The fourth-order valence-electron chi connectivity index (χ4n) is 1.17. The average Bonchev–Trinajstić information content (AvgIpc) is 2.26. The van der Waals surface area contributed by atoms with Gasteiger partial charge in [-0.3, -0.25) is 0 Å². The highest BCUT2D eigenvalue weighted by molar-refractivity contribution is 6.36. The van der Waals surface area contributed by atoms with Crippen LogP contribution in [0.15, 0.2) is 30.4 Å². The second kappa shape index (κ2) is 6.90. The van der Waals surface area contributed by atoms with Crippen LogP contribution in [0.2, 0.25) is 10.0 Å². The number of esters is 1. The first-order valence-electron chi connectivity index (χ1n) is 4.93. The Morgan fingerprint density at radius 3 is 2.76 bits per heavy atom. The summed E-state index contributed by atoms with van der Waals surface area (Å²) in [5.74, 6) is -0.109. The highest BCUT2D eigenvalue weighted by Crippen LogP contribution is 2.22. The van der Waals surface area contributed by atoms with Crippen LogP contribution in [-0.2, 0) is 4.74 Å². The molecule has 2 nitrogen and oxygen atoms in total. The molecule has 0 bridgehead atoms. The van der Waals surface area contributed by atoms with Crippen LogP contribution in [-0.4, -0.2) is 18.0 Å². The first-order chi connectivity index (χ1) is 8.04. The van der Waals surface area contributed by atoms with Crippen molar-refractivity contribution in [1.82, 2.24) is 0 Å². The molecule has 0 N–H and O–H groups in total. The molecule has 0 unspecified atom stereocenters. The van der Waals surface area contributed by atoms with Crippen LogP contribution in [0.4, 0.5) is 0 Å². The summed E-state index contributed by atoms with van der Waals surface area (Å²) in [5.41, 5.74) is 0.294. The topological polar surface area (TPSA) is 26.3 Å². The molecule has 0 aliphatic carbocycles. The maximum Gasteiger partial charge on any atom is 0.340 e. The van der Waals surface area contributed by atoms with Crippen molar-refractivity contribution in [2.24, 2.45) is 0 Å². The second-order valence-electron chi connectivity index (χ2n) is 3.32. The van der Waals surface area contributed by atoms with Crippen molar-refractivity contribution >= 4 is 40.8 Å². The van der Waals surface area contributed by atoms with Gasteiger partial charge in [-0.05, 0) is 31.2 Å². The summed E-state index contributed by atoms with van der Waals surface area (Å²) >= 11 is 17.1. The molecule has 92 valence electrons. The summed E-state index contributed by atoms with van der Waals surface area (Å²) in [4.78, 5) is 11.7. The SMILES string of the molecule is C[C@@H](/C=C/CCl)OC(=O)c1ccc(Cl)cc1Cl. The van der Waals surface area contributed by atoms with Crippen LogP contribution in [0.5, 0.6) is 0 Å². The number of halogens is 3. The third-order valence-corrected chi connectivity index (χ3v) is 2.67. The normalized spacial score (nSPS) is 12.7. The standard InChI is InChI=1S/C12H11Cl3O2/c1-8(3-2-6-13)17-12(16)10-5-4-9(14)7-11(10)15/h2-5,7-8H,6H2,1H3/b3-2+/t8-/m0/s1. The number of alkyl halides is 1. The van der Waals surface area contributed by atoms with E-state index in [-0.39, 0.29) is 11.1 Å². The minimum atomic E-state index is -0.488. The van der Waals surface area contributed by atoms with Gasteiger partial charge in [0.05, 0.1) is 10.6 Å². The van der Waals surface area contributed by atoms with Gasteiger partial charge in [0.1, 0.15) is 6.10 Å². The molecule has 0 fully saturated rings. The molecule has 17 heavy (non-hydrogen) atoms. The predicted molar refractivity (Wildman–Crippen MR) is 71.2 cm³/mol. The lowest BCUT2D eigenvalue weighted by molar-refractivity contribution is 0.0424. The minimum absolute atomic E-state index is 0.274. The van der Waals surface area contributed by atoms with E-state index in [4.69, 9.17) is 39.5 Å². The Bertz CT molecular complexity index is 430. The molecule has 0 spiro atoms. The van der Waals surface area contributed by atoms with Gasteiger partial charge in [0, 0.05) is 10.9 Å². The molecule has 0 aromatic heterocycles. The van der Waals surface area contributed by atoms with Crippen LogP contribution >= 0.6 is 34.8 Å². The van der Waals surface area contributed by atoms with Gasteiger partial charge in [-0.1, -0.05) is 29.3 Å². The molecular weight excluding hydrogens is 282 g/mol. The van der Waals surface area contributed by atoms with Crippen molar-refractivity contribution in [1.29, 1.82) is 0 Å². The Morgan fingerprint density at radius 1 is 1.47 bits per heavy atom. The average molecular weight is 294 g/mol. The van der Waals surface area contributed by atoms with E-state index in [1.807, 2.05) is 0 Å². The number of allylic oxidation sites excluding steroid dienone is 1. The zero-order valence-electron chi connectivity index (χ0n) is 9.12. The third kappa shape index (κ3) is 4.58. The van der Waals surface area contributed by atoms with Crippen molar-refractivity contribution in [3.05, 3.63) is 46.0 Å². The largest absolute Gasteiger partial charge is 0.455 e. The van der Waals surface area contributed by atoms with Crippen LogP contribution < -0.4 is 0 Å². The first kappa shape index (κ1) is 14.4.